The van der Waals surface area contributed by atoms with Crippen molar-refractivity contribution in [3.8, 4) is 0 Å². The number of likely N-dealkylation sites (tertiary alicyclic amines) is 1. The van der Waals surface area contributed by atoms with Crippen molar-refractivity contribution >= 4 is 5.91 Å². The second kappa shape index (κ2) is 8.62. The molecular formula is C18H30N4O2. The molecule has 1 atom stereocenters. The molecule has 6 nitrogen and oxygen atoms in total. The predicted octanol–water partition coefficient (Wildman–Crippen LogP) is 1.69. The summed E-state index contributed by atoms with van der Waals surface area (Å²) in [6.45, 7) is 8.24. The van der Waals surface area contributed by atoms with Crippen molar-refractivity contribution in [2.45, 2.75) is 51.7 Å². The van der Waals surface area contributed by atoms with Crippen LogP contribution in [0.5, 0.6) is 0 Å². The molecule has 6 heteroatoms. The van der Waals surface area contributed by atoms with Crippen LogP contribution in [0, 0.1) is 6.92 Å². The van der Waals surface area contributed by atoms with Crippen molar-refractivity contribution in [2.24, 2.45) is 0 Å². The summed E-state index contributed by atoms with van der Waals surface area (Å²) >= 11 is 0. The molecule has 3 rings (SSSR count). The normalized spacial score (nSPS) is 23.2. The van der Waals surface area contributed by atoms with Crippen LogP contribution in [0.15, 0.2) is 12.3 Å². The van der Waals surface area contributed by atoms with E-state index >= 15 is 0 Å². The highest BCUT2D eigenvalue weighted by Gasteiger charge is 2.24. The van der Waals surface area contributed by atoms with Gasteiger partial charge in [0.1, 0.15) is 0 Å². The lowest BCUT2D eigenvalue weighted by molar-refractivity contribution is -0.132. The average Bonchev–Trinajstić information content (AvgIpc) is 2.87. The van der Waals surface area contributed by atoms with Crippen molar-refractivity contribution in [1.29, 1.82) is 0 Å². The molecule has 3 heterocycles. The minimum absolute atomic E-state index is 0.154. The van der Waals surface area contributed by atoms with Crippen molar-refractivity contribution < 1.29 is 9.53 Å². The zero-order valence-electron chi connectivity index (χ0n) is 14.8. The number of hydrogen-bond acceptors (Lipinski definition) is 4. The Labute approximate surface area is 144 Å². The summed E-state index contributed by atoms with van der Waals surface area (Å²) in [6.07, 6.45) is 7.46. The van der Waals surface area contributed by atoms with Gasteiger partial charge in [-0.1, -0.05) is 6.42 Å². The molecular weight excluding hydrogens is 304 g/mol. The van der Waals surface area contributed by atoms with E-state index in [1.54, 1.807) is 0 Å². The Morgan fingerprint density at radius 2 is 2.08 bits per heavy atom. The van der Waals surface area contributed by atoms with E-state index in [2.05, 4.69) is 10.00 Å². The Balaban J connectivity index is 1.48. The third-order valence-electron chi connectivity index (χ3n) is 4.94. The second-order valence-electron chi connectivity index (χ2n) is 7.02. The van der Waals surface area contributed by atoms with E-state index in [-0.39, 0.29) is 12.0 Å². The molecule has 0 aliphatic carbocycles. The van der Waals surface area contributed by atoms with Gasteiger partial charge in [0.2, 0.25) is 5.91 Å². The Bertz CT molecular complexity index is 525. The molecule has 0 saturated carbocycles. The van der Waals surface area contributed by atoms with Crippen LogP contribution in [-0.4, -0.2) is 70.9 Å². The van der Waals surface area contributed by atoms with Crippen LogP contribution < -0.4 is 0 Å². The summed E-state index contributed by atoms with van der Waals surface area (Å²) in [6, 6.07) is 1.97. The summed E-state index contributed by atoms with van der Waals surface area (Å²) in [5.74, 6) is 0.220. The summed E-state index contributed by atoms with van der Waals surface area (Å²) < 4.78 is 7.85. The van der Waals surface area contributed by atoms with Crippen LogP contribution in [0.3, 0.4) is 0 Å². The molecule has 2 aliphatic rings. The molecule has 134 valence electrons. The third kappa shape index (κ3) is 5.05. The monoisotopic (exact) mass is 334 g/mol. The summed E-state index contributed by atoms with van der Waals surface area (Å²) in [7, 11) is 0. The van der Waals surface area contributed by atoms with E-state index in [0.717, 1.165) is 38.4 Å². The van der Waals surface area contributed by atoms with Crippen molar-refractivity contribution in [3.05, 3.63) is 18.0 Å². The number of amides is 1. The van der Waals surface area contributed by atoms with Gasteiger partial charge < -0.3 is 14.5 Å². The first-order chi connectivity index (χ1) is 11.7. The van der Waals surface area contributed by atoms with Gasteiger partial charge in [0.25, 0.3) is 0 Å². The highest BCUT2D eigenvalue weighted by molar-refractivity contribution is 5.76. The zero-order valence-corrected chi connectivity index (χ0v) is 14.8. The number of nitrogens with zero attached hydrogens (tertiary/aromatic N) is 4. The molecule has 0 spiro atoms. The Morgan fingerprint density at radius 1 is 1.25 bits per heavy atom. The third-order valence-corrected chi connectivity index (χ3v) is 4.94. The van der Waals surface area contributed by atoms with Gasteiger partial charge in [-0.2, -0.15) is 5.10 Å². The topological polar surface area (TPSA) is 50.6 Å². The van der Waals surface area contributed by atoms with Gasteiger partial charge >= 0.3 is 0 Å². The first-order valence-corrected chi connectivity index (χ1v) is 9.32. The van der Waals surface area contributed by atoms with Gasteiger partial charge in [-0.25, -0.2) is 0 Å². The molecule has 2 fully saturated rings. The van der Waals surface area contributed by atoms with Gasteiger partial charge in [0.05, 0.1) is 11.8 Å². The number of carbonyl (C=O) groups is 1. The molecule has 2 aliphatic heterocycles. The summed E-state index contributed by atoms with van der Waals surface area (Å²) in [4.78, 5) is 17.1. The molecule has 1 aromatic heterocycles. The second-order valence-corrected chi connectivity index (χ2v) is 7.02. The summed E-state index contributed by atoms with van der Waals surface area (Å²) in [5.41, 5.74) is 0.993. The minimum Gasteiger partial charge on any atom is -0.375 e. The fraction of sp³-hybridized carbons (Fsp3) is 0.778. The first-order valence-electron chi connectivity index (χ1n) is 9.32. The Hall–Kier alpha value is -1.40. The van der Waals surface area contributed by atoms with E-state index in [1.165, 1.54) is 32.4 Å². The van der Waals surface area contributed by atoms with Gasteiger partial charge in [-0.15, -0.1) is 0 Å². The fourth-order valence-electron chi connectivity index (χ4n) is 3.62. The number of aryl methyl sites for hydroxylation is 2. The van der Waals surface area contributed by atoms with Gasteiger partial charge in [-0.3, -0.25) is 9.48 Å². The van der Waals surface area contributed by atoms with Crippen LogP contribution in [0.25, 0.3) is 0 Å². The maximum atomic E-state index is 12.6. The van der Waals surface area contributed by atoms with Crippen LogP contribution in [0.4, 0.5) is 0 Å². The maximum absolute atomic E-state index is 12.6. The lowest BCUT2D eigenvalue weighted by Crippen LogP contribution is -2.44. The standard InChI is InChI=1S/C18H30N4O2/c1-16-6-11-22(19-16)12-7-18(23)21-10-5-13-24-17(15-21)14-20-8-3-2-4-9-20/h6,11,17H,2-5,7-10,12-15H2,1H3/t17-/m0/s1. The first kappa shape index (κ1) is 17.4. The van der Waals surface area contributed by atoms with E-state index in [9.17, 15) is 4.79 Å². The van der Waals surface area contributed by atoms with E-state index in [0.29, 0.717) is 13.0 Å². The molecule has 1 amide bonds. The zero-order chi connectivity index (χ0) is 16.8. The SMILES string of the molecule is Cc1ccn(CCC(=O)N2CCCO[C@@H](CN3CCCCC3)C2)n1. The highest BCUT2D eigenvalue weighted by atomic mass is 16.5. The van der Waals surface area contributed by atoms with Gasteiger partial charge in [-0.05, 0) is 45.3 Å². The number of rotatable bonds is 5. The molecule has 0 aromatic carbocycles. The molecule has 0 unspecified atom stereocenters. The van der Waals surface area contributed by atoms with Crippen LogP contribution in [0.1, 0.15) is 37.8 Å². The number of carbonyl (C=O) groups excluding carboxylic acids is 1. The van der Waals surface area contributed by atoms with Crippen LogP contribution in [-0.2, 0) is 16.1 Å². The number of hydrogen-bond donors (Lipinski definition) is 0. The lowest BCUT2D eigenvalue weighted by atomic mass is 10.1. The minimum atomic E-state index is 0.154. The maximum Gasteiger partial charge on any atom is 0.224 e. The molecule has 0 N–H and O–H groups in total. The van der Waals surface area contributed by atoms with Gasteiger partial charge in [0.15, 0.2) is 0 Å². The number of ether oxygens (including phenoxy) is 1. The van der Waals surface area contributed by atoms with Crippen molar-refractivity contribution in [2.75, 3.05) is 39.3 Å². The molecule has 0 radical (unpaired) electrons. The number of piperidine rings is 1. The Kier molecular flexibility index (Phi) is 6.26. The fourth-order valence-corrected chi connectivity index (χ4v) is 3.62. The highest BCUT2D eigenvalue weighted by Crippen LogP contribution is 2.13. The van der Waals surface area contributed by atoms with E-state index in [4.69, 9.17) is 4.74 Å². The molecule has 24 heavy (non-hydrogen) atoms. The van der Waals surface area contributed by atoms with E-state index in [1.807, 2.05) is 28.8 Å². The molecule has 2 saturated heterocycles. The smallest absolute Gasteiger partial charge is 0.224 e. The molecule has 1 aromatic rings. The van der Waals surface area contributed by atoms with E-state index < -0.39 is 0 Å². The van der Waals surface area contributed by atoms with Crippen LogP contribution in [0.2, 0.25) is 0 Å². The molecule has 0 bridgehead atoms. The predicted molar refractivity (Wildman–Crippen MR) is 92.8 cm³/mol. The largest absolute Gasteiger partial charge is 0.375 e. The van der Waals surface area contributed by atoms with Crippen molar-refractivity contribution in [3.63, 3.8) is 0 Å². The average molecular weight is 334 g/mol. The van der Waals surface area contributed by atoms with Crippen LogP contribution >= 0.6 is 0 Å². The Morgan fingerprint density at radius 3 is 2.83 bits per heavy atom. The van der Waals surface area contributed by atoms with Crippen molar-refractivity contribution in [1.82, 2.24) is 19.6 Å². The summed E-state index contributed by atoms with van der Waals surface area (Å²) in [5, 5.41) is 4.35. The van der Waals surface area contributed by atoms with Gasteiger partial charge in [0, 0.05) is 45.4 Å². The number of aromatic nitrogens is 2. The lowest BCUT2D eigenvalue weighted by Gasteiger charge is -2.31. The quantitative estimate of drug-likeness (QED) is 0.822.